The van der Waals surface area contributed by atoms with Crippen molar-refractivity contribution in [1.29, 1.82) is 0 Å². The van der Waals surface area contributed by atoms with Gasteiger partial charge in [-0.2, -0.15) is 8.78 Å². The van der Waals surface area contributed by atoms with Crippen molar-refractivity contribution in [2.45, 2.75) is 43.6 Å². The summed E-state index contributed by atoms with van der Waals surface area (Å²) in [6.45, 7) is 0.0914. The van der Waals surface area contributed by atoms with Gasteiger partial charge >= 0.3 is 5.92 Å². The summed E-state index contributed by atoms with van der Waals surface area (Å²) in [4.78, 5) is 23.9. The van der Waals surface area contributed by atoms with Gasteiger partial charge in [-0.05, 0) is 32.1 Å². The topological polar surface area (TPSA) is 83.6 Å². The van der Waals surface area contributed by atoms with E-state index in [4.69, 9.17) is 5.73 Å². The van der Waals surface area contributed by atoms with Crippen molar-refractivity contribution in [3.05, 3.63) is 0 Å². The van der Waals surface area contributed by atoms with Crippen molar-refractivity contribution in [1.82, 2.24) is 4.90 Å². The summed E-state index contributed by atoms with van der Waals surface area (Å²) in [5.41, 5.74) is 2.93. The highest BCUT2D eigenvalue weighted by Crippen LogP contribution is 2.45. The van der Waals surface area contributed by atoms with Crippen LogP contribution in [-0.2, 0) is 9.59 Å². The number of amides is 2. The summed E-state index contributed by atoms with van der Waals surface area (Å²) in [5, 5.41) is 9.72. The number of nitrogens with zero attached hydrogens (tertiary/aromatic N) is 1. The molecule has 7 heteroatoms. The van der Waals surface area contributed by atoms with Gasteiger partial charge in [0.25, 0.3) is 5.91 Å². The largest absolute Gasteiger partial charge is 0.383 e. The highest BCUT2D eigenvalue weighted by Gasteiger charge is 2.62. The molecule has 5 nitrogen and oxygen atoms in total. The van der Waals surface area contributed by atoms with Crippen molar-refractivity contribution in [2.75, 3.05) is 13.1 Å². The predicted octanol–water partition coefficient (Wildman–Crippen LogP) is 0.261. The average molecular weight is 276 g/mol. The van der Waals surface area contributed by atoms with Crippen LogP contribution < -0.4 is 5.73 Å². The van der Waals surface area contributed by atoms with Crippen LogP contribution in [0.2, 0.25) is 0 Å². The normalized spacial score (nSPS) is 26.7. The summed E-state index contributed by atoms with van der Waals surface area (Å²) in [6, 6.07) is 0. The van der Waals surface area contributed by atoms with Crippen LogP contribution in [0.4, 0.5) is 8.78 Å². The fraction of sp³-hybridized carbons (Fsp3) is 0.833. The molecule has 1 saturated heterocycles. The first kappa shape index (κ1) is 14.2. The Kier molecular flexibility index (Phi) is 3.51. The standard InChI is InChI=1S/C12H18F2N2O3/c13-12(14,11(19)4-2-5-11)10(18)16-6-1-3-8(7-16)9(15)17/h8,19H,1-7H2,(H2,15,17). The maximum absolute atomic E-state index is 14.0. The number of halogens is 2. The van der Waals surface area contributed by atoms with Crippen molar-refractivity contribution >= 4 is 11.8 Å². The number of carbonyl (C=O) groups is 2. The molecule has 1 unspecified atom stereocenters. The lowest BCUT2D eigenvalue weighted by molar-refractivity contribution is -0.224. The first-order valence-corrected chi connectivity index (χ1v) is 6.47. The molecule has 1 atom stereocenters. The Labute approximate surface area is 109 Å². The molecule has 1 saturated carbocycles. The third kappa shape index (κ3) is 2.31. The number of piperidine rings is 1. The molecule has 0 aromatic rings. The maximum atomic E-state index is 14.0. The van der Waals surface area contributed by atoms with Crippen molar-refractivity contribution in [3.63, 3.8) is 0 Å². The Morgan fingerprint density at radius 1 is 1.32 bits per heavy atom. The van der Waals surface area contributed by atoms with Crippen LogP contribution in [0.3, 0.4) is 0 Å². The Morgan fingerprint density at radius 2 is 1.95 bits per heavy atom. The average Bonchev–Trinajstić information content (AvgIpc) is 2.34. The van der Waals surface area contributed by atoms with Gasteiger partial charge in [0.15, 0.2) is 0 Å². The second-order valence-corrected chi connectivity index (χ2v) is 5.45. The van der Waals surface area contributed by atoms with Crippen LogP contribution in [0.25, 0.3) is 0 Å². The van der Waals surface area contributed by atoms with E-state index in [1.807, 2.05) is 0 Å². The molecule has 0 radical (unpaired) electrons. The first-order chi connectivity index (χ1) is 8.78. The van der Waals surface area contributed by atoms with Gasteiger partial charge in [0.05, 0.1) is 5.92 Å². The van der Waals surface area contributed by atoms with Crippen LogP contribution in [-0.4, -0.2) is 46.4 Å². The van der Waals surface area contributed by atoms with E-state index in [0.29, 0.717) is 19.3 Å². The van der Waals surface area contributed by atoms with E-state index in [2.05, 4.69) is 0 Å². The number of alkyl halides is 2. The Bertz CT molecular complexity index is 396. The van der Waals surface area contributed by atoms with Crippen LogP contribution in [0.15, 0.2) is 0 Å². The van der Waals surface area contributed by atoms with Gasteiger partial charge in [0, 0.05) is 13.1 Å². The quantitative estimate of drug-likeness (QED) is 0.775. The van der Waals surface area contributed by atoms with Crippen LogP contribution >= 0.6 is 0 Å². The number of hydrogen-bond acceptors (Lipinski definition) is 3. The van der Waals surface area contributed by atoms with E-state index in [9.17, 15) is 23.5 Å². The number of rotatable bonds is 3. The van der Waals surface area contributed by atoms with Gasteiger partial charge in [-0.1, -0.05) is 0 Å². The minimum Gasteiger partial charge on any atom is -0.383 e. The van der Waals surface area contributed by atoms with E-state index in [1.54, 1.807) is 0 Å². The Balaban J connectivity index is 2.08. The van der Waals surface area contributed by atoms with Gasteiger partial charge in [-0.3, -0.25) is 9.59 Å². The minimum atomic E-state index is -3.79. The smallest absolute Gasteiger partial charge is 0.352 e. The number of carbonyl (C=O) groups excluding carboxylic acids is 2. The zero-order valence-electron chi connectivity index (χ0n) is 10.6. The number of aliphatic hydroxyl groups is 1. The van der Waals surface area contributed by atoms with Crippen molar-refractivity contribution in [2.24, 2.45) is 11.7 Å². The van der Waals surface area contributed by atoms with Crippen molar-refractivity contribution < 1.29 is 23.5 Å². The molecule has 0 aromatic carbocycles. The molecule has 0 bridgehead atoms. The second-order valence-electron chi connectivity index (χ2n) is 5.45. The molecule has 3 N–H and O–H groups in total. The number of hydrogen-bond donors (Lipinski definition) is 2. The zero-order chi connectivity index (χ0) is 14.3. The molecular formula is C12H18F2N2O3. The van der Waals surface area contributed by atoms with Gasteiger partial charge in [0.2, 0.25) is 5.91 Å². The summed E-state index contributed by atoms with van der Waals surface area (Å²) < 4.78 is 28.0. The molecule has 0 spiro atoms. The highest BCUT2D eigenvalue weighted by molar-refractivity contribution is 5.86. The van der Waals surface area contributed by atoms with Gasteiger partial charge in [-0.15, -0.1) is 0 Å². The van der Waals surface area contributed by atoms with Gasteiger partial charge in [-0.25, -0.2) is 0 Å². The highest BCUT2D eigenvalue weighted by atomic mass is 19.3. The SMILES string of the molecule is NC(=O)C1CCCN(C(=O)C(F)(F)C2(O)CCC2)C1. The van der Waals surface area contributed by atoms with Crippen LogP contribution in [0.1, 0.15) is 32.1 Å². The van der Waals surface area contributed by atoms with Crippen LogP contribution in [0.5, 0.6) is 0 Å². The molecule has 2 fully saturated rings. The summed E-state index contributed by atoms with van der Waals surface area (Å²) in [6.07, 6.45) is 1.32. The predicted molar refractivity (Wildman–Crippen MR) is 62.2 cm³/mol. The molecule has 2 aliphatic rings. The Hall–Kier alpha value is -1.24. The molecule has 1 aliphatic carbocycles. The molecule has 2 amide bonds. The summed E-state index contributed by atoms with van der Waals surface area (Å²) in [7, 11) is 0. The molecule has 1 heterocycles. The lowest BCUT2D eigenvalue weighted by atomic mass is 9.74. The van der Waals surface area contributed by atoms with E-state index >= 15 is 0 Å². The molecule has 0 aromatic heterocycles. The molecule has 108 valence electrons. The fourth-order valence-electron chi connectivity index (χ4n) is 2.62. The number of primary amides is 1. The zero-order valence-corrected chi connectivity index (χ0v) is 10.6. The summed E-state index contributed by atoms with van der Waals surface area (Å²) >= 11 is 0. The first-order valence-electron chi connectivity index (χ1n) is 6.47. The molecule has 19 heavy (non-hydrogen) atoms. The number of nitrogens with two attached hydrogens (primary N) is 1. The van der Waals surface area contributed by atoms with Gasteiger partial charge < -0.3 is 15.7 Å². The maximum Gasteiger partial charge on any atom is 0.352 e. The lowest BCUT2D eigenvalue weighted by Gasteiger charge is -2.44. The number of likely N-dealkylation sites (tertiary alicyclic amines) is 1. The van der Waals surface area contributed by atoms with E-state index in [0.717, 1.165) is 4.90 Å². The fourth-order valence-corrected chi connectivity index (χ4v) is 2.62. The molecule has 2 rings (SSSR count). The van der Waals surface area contributed by atoms with E-state index in [-0.39, 0.29) is 25.9 Å². The van der Waals surface area contributed by atoms with Crippen LogP contribution in [0, 0.1) is 5.92 Å². The lowest BCUT2D eigenvalue weighted by Crippen LogP contribution is -2.62. The molecular weight excluding hydrogens is 258 g/mol. The van der Waals surface area contributed by atoms with E-state index in [1.165, 1.54) is 0 Å². The second kappa shape index (κ2) is 4.70. The minimum absolute atomic E-state index is 0.0706. The van der Waals surface area contributed by atoms with Crippen molar-refractivity contribution in [3.8, 4) is 0 Å². The van der Waals surface area contributed by atoms with Gasteiger partial charge in [0.1, 0.15) is 5.60 Å². The third-order valence-electron chi connectivity index (χ3n) is 4.14. The van der Waals surface area contributed by atoms with E-state index < -0.39 is 29.3 Å². The molecule has 1 aliphatic heterocycles. The Morgan fingerprint density at radius 3 is 2.42 bits per heavy atom. The summed E-state index contributed by atoms with van der Waals surface area (Å²) in [5.74, 6) is -6.33. The third-order valence-corrected chi connectivity index (χ3v) is 4.14. The monoisotopic (exact) mass is 276 g/mol.